The van der Waals surface area contributed by atoms with Crippen molar-refractivity contribution in [2.45, 2.75) is 20.8 Å². The molecule has 0 radical (unpaired) electrons. The summed E-state index contributed by atoms with van der Waals surface area (Å²) in [6, 6.07) is 0. The zero-order valence-electron chi connectivity index (χ0n) is 8.89. The van der Waals surface area contributed by atoms with Crippen LogP contribution in [0.15, 0.2) is 11.6 Å². The van der Waals surface area contributed by atoms with Gasteiger partial charge in [-0.15, -0.1) is 0 Å². The number of nitrogens with one attached hydrogen (secondary N) is 1. The molecule has 0 aliphatic rings. The van der Waals surface area contributed by atoms with E-state index in [0.717, 1.165) is 6.54 Å². The van der Waals surface area contributed by atoms with Crippen molar-refractivity contribution in [3.05, 3.63) is 11.6 Å². The summed E-state index contributed by atoms with van der Waals surface area (Å²) < 4.78 is 4.60. The minimum atomic E-state index is -0.162. The molecular formula is C10H19NO2. The van der Waals surface area contributed by atoms with Gasteiger partial charge in [-0.2, -0.15) is 0 Å². The number of hydrogen-bond acceptors (Lipinski definition) is 3. The summed E-state index contributed by atoms with van der Waals surface area (Å²) in [4.78, 5) is 11.0. The van der Waals surface area contributed by atoms with Crippen molar-refractivity contribution in [3.63, 3.8) is 0 Å². The average Bonchev–Trinajstić information content (AvgIpc) is 2.10. The molecule has 0 amide bonds. The molecule has 1 N–H and O–H groups in total. The molecule has 0 aliphatic carbocycles. The molecule has 0 heterocycles. The van der Waals surface area contributed by atoms with Crippen LogP contribution in [0.5, 0.6) is 0 Å². The number of allylic oxidation sites excluding steroid dienone is 1. The molecule has 0 spiro atoms. The van der Waals surface area contributed by atoms with Crippen molar-refractivity contribution in [3.8, 4) is 0 Å². The SMILES string of the molecule is COC(=O)C(C)CNCC=C(C)C. The first-order valence-corrected chi connectivity index (χ1v) is 4.49. The number of carbonyl (C=O) groups is 1. The average molecular weight is 185 g/mol. The van der Waals surface area contributed by atoms with Crippen LogP contribution in [-0.2, 0) is 9.53 Å². The maximum atomic E-state index is 11.0. The molecule has 0 fully saturated rings. The largest absolute Gasteiger partial charge is 0.469 e. The maximum absolute atomic E-state index is 11.0. The van der Waals surface area contributed by atoms with Crippen molar-refractivity contribution in [1.82, 2.24) is 5.32 Å². The molecule has 13 heavy (non-hydrogen) atoms. The van der Waals surface area contributed by atoms with Gasteiger partial charge in [0, 0.05) is 13.1 Å². The van der Waals surface area contributed by atoms with E-state index in [2.05, 4.69) is 16.1 Å². The lowest BCUT2D eigenvalue weighted by molar-refractivity contribution is -0.144. The third-order valence-electron chi connectivity index (χ3n) is 1.71. The fourth-order valence-corrected chi connectivity index (χ4v) is 0.861. The minimum absolute atomic E-state index is 0.0736. The number of hydrogen-bond donors (Lipinski definition) is 1. The van der Waals surface area contributed by atoms with Gasteiger partial charge in [-0.1, -0.05) is 18.6 Å². The number of rotatable bonds is 5. The Morgan fingerprint density at radius 2 is 2.15 bits per heavy atom. The highest BCUT2D eigenvalue weighted by molar-refractivity contribution is 5.71. The highest BCUT2D eigenvalue weighted by Gasteiger charge is 2.11. The van der Waals surface area contributed by atoms with Gasteiger partial charge in [0.25, 0.3) is 0 Å². The molecular weight excluding hydrogens is 166 g/mol. The van der Waals surface area contributed by atoms with Crippen molar-refractivity contribution < 1.29 is 9.53 Å². The van der Waals surface area contributed by atoms with E-state index >= 15 is 0 Å². The normalized spacial score (nSPS) is 12.0. The van der Waals surface area contributed by atoms with Crippen LogP contribution in [0.1, 0.15) is 20.8 Å². The van der Waals surface area contributed by atoms with Crippen LogP contribution >= 0.6 is 0 Å². The summed E-state index contributed by atoms with van der Waals surface area (Å²) in [7, 11) is 1.41. The second-order valence-corrected chi connectivity index (χ2v) is 3.36. The van der Waals surface area contributed by atoms with E-state index in [1.54, 1.807) is 0 Å². The van der Waals surface area contributed by atoms with Crippen LogP contribution in [-0.4, -0.2) is 26.2 Å². The highest BCUT2D eigenvalue weighted by atomic mass is 16.5. The molecule has 3 heteroatoms. The lowest BCUT2D eigenvalue weighted by atomic mass is 10.2. The van der Waals surface area contributed by atoms with Crippen molar-refractivity contribution in [2.75, 3.05) is 20.2 Å². The first-order chi connectivity index (χ1) is 6.07. The van der Waals surface area contributed by atoms with Crippen molar-refractivity contribution in [1.29, 1.82) is 0 Å². The molecule has 0 bridgehead atoms. The van der Waals surface area contributed by atoms with Gasteiger partial charge in [0.05, 0.1) is 13.0 Å². The van der Waals surface area contributed by atoms with Gasteiger partial charge >= 0.3 is 5.97 Å². The van der Waals surface area contributed by atoms with Gasteiger partial charge in [0.2, 0.25) is 0 Å². The second-order valence-electron chi connectivity index (χ2n) is 3.36. The lowest BCUT2D eigenvalue weighted by Gasteiger charge is -2.08. The first-order valence-electron chi connectivity index (χ1n) is 4.49. The topological polar surface area (TPSA) is 38.3 Å². The van der Waals surface area contributed by atoms with Crippen LogP contribution < -0.4 is 5.32 Å². The van der Waals surface area contributed by atoms with Gasteiger partial charge in [-0.25, -0.2) is 0 Å². The van der Waals surface area contributed by atoms with E-state index in [1.807, 2.05) is 20.8 Å². The third kappa shape index (κ3) is 6.34. The van der Waals surface area contributed by atoms with E-state index in [9.17, 15) is 4.79 Å². The smallest absolute Gasteiger partial charge is 0.309 e. The Morgan fingerprint density at radius 1 is 1.54 bits per heavy atom. The van der Waals surface area contributed by atoms with E-state index in [4.69, 9.17) is 0 Å². The molecule has 0 aromatic carbocycles. The Hall–Kier alpha value is -0.830. The third-order valence-corrected chi connectivity index (χ3v) is 1.71. The fraction of sp³-hybridized carbons (Fsp3) is 0.700. The van der Waals surface area contributed by atoms with Crippen LogP contribution in [0.2, 0.25) is 0 Å². The number of esters is 1. The predicted molar refractivity (Wildman–Crippen MR) is 53.5 cm³/mol. The Labute approximate surface area is 80.2 Å². The van der Waals surface area contributed by atoms with E-state index < -0.39 is 0 Å². The molecule has 0 aromatic heterocycles. The maximum Gasteiger partial charge on any atom is 0.309 e. The molecule has 1 atom stereocenters. The number of carbonyl (C=O) groups excluding carboxylic acids is 1. The van der Waals surface area contributed by atoms with Crippen LogP contribution in [0, 0.1) is 5.92 Å². The molecule has 0 aromatic rings. The molecule has 0 rings (SSSR count). The molecule has 0 saturated carbocycles. The van der Waals surface area contributed by atoms with Gasteiger partial charge in [-0.05, 0) is 13.8 Å². The number of methoxy groups -OCH3 is 1. The van der Waals surface area contributed by atoms with Crippen LogP contribution in [0.3, 0.4) is 0 Å². The molecule has 76 valence electrons. The standard InChI is InChI=1S/C10H19NO2/c1-8(2)5-6-11-7-9(3)10(12)13-4/h5,9,11H,6-7H2,1-4H3. The summed E-state index contributed by atoms with van der Waals surface area (Å²) in [6.07, 6.45) is 2.09. The second kappa shape index (κ2) is 6.66. The predicted octanol–water partition coefficient (Wildman–Crippen LogP) is 1.35. The van der Waals surface area contributed by atoms with Crippen LogP contribution in [0.25, 0.3) is 0 Å². The lowest BCUT2D eigenvalue weighted by Crippen LogP contribution is -2.27. The van der Waals surface area contributed by atoms with Crippen molar-refractivity contribution in [2.24, 2.45) is 5.92 Å². The molecule has 3 nitrogen and oxygen atoms in total. The number of ether oxygens (including phenoxy) is 1. The van der Waals surface area contributed by atoms with E-state index in [1.165, 1.54) is 12.7 Å². The van der Waals surface area contributed by atoms with Gasteiger partial charge in [0.1, 0.15) is 0 Å². The molecule has 0 saturated heterocycles. The van der Waals surface area contributed by atoms with Crippen molar-refractivity contribution >= 4 is 5.97 Å². The van der Waals surface area contributed by atoms with Gasteiger partial charge < -0.3 is 10.1 Å². The van der Waals surface area contributed by atoms with Gasteiger partial charge in [-0.3, -0.25) is 4.79 Å². The highest BCUT2D eigenvalue weighted by Crippen LogP contribution is 1.95. The summed E-state index contributed by atoms with van der Waals surface area (Å²) in [5.74, 6) is -0.236. The summed E-state index contributed by atoms with van der Waals surface area (Å²) in [5, 5.41) is 3.15. The zero-order chi connectivity index (χ0) is 10.3. The molecule has 0 aliphatic heterocycles. The van der Waals surface area contributed by atoms with Gasteiger partial charge in [0.15, 0.2) is 0 Å². The summed E-state index contributed by atoms with van der Waals surface area (Å²) in [6.45, 7) is 7.41. The Balaban J connectivity index is 3.53. The fourth-order valence-electron chi connectivity index (χ4n) is 0.861. The van der Waals surface area contributed by atoms with E-state index in [-0.39, 0.29) is 11.9 Å². The Bertz CT molecular complexity index is 183. The van der Waals surface area contributed by atoms with Crippen LogP contribution in [0.4, 0.5) is 0 Å². The Kier molecular flexibility index (Phi) is 6.24. The zero-order valence-corrected chi connectivity index (χ0v) is 8.89. The molecule has 1 unspecified atom stereocenters. The first kappa shape index (κ1) is 12.2. The van der Waals surface area contributed by atoms with E-state index in [0.29, 0.717) is 6.54 Å². The minimum Gasteiger partial charge on any atom is -0.469 e. The monoisotopic (exact) mass is 185 g/mol. The Morgan fingerprint density at radius 3 is 2.62 bits per heavy atom. The summed E-state index contributed by atoms with van der Waals surface area (Å²) in [5.41, 5.74) is 1.28. The summed E-state index contributed by atoms with van der Waals surface area (Å²) >= 11 is 0. The quantitative estimate of drug-likeness (QED) is 0.399.